The molecule has 0 saturated carbocycles. The molecule has 8 nitrogen and oxygen atoms in total. The van der Waals surface area contributed by atoms with Crippen molar-refractivity contribution in [2.24, 2.45) is 0 Å². The van der Waals surface area contributed by atoms with Gasteiger partial charge in [-0.1, -0.05) is 0 Å². The highest BCUT2D eigenvalue weighted by atomic mass is 16.5. The van der Waals surface area contributed by atoms with Gasteiger partial charge in [0.25, 0.3) is 0 Å². The molecular formula is C20H22N6O2. The number of pyridine rings is 1. The van der Waals surface area contributed by atoms with Crippen LogP contribution in [0.3, 0.4) is 0 Å². The van der Waals surface area contributed by atoms with Crippen LogP contribution in [0.2, 0.25) is 0 Å². The maximum atomic E-state index is 12.0. The molecule has 2 aliphatic rings. The van der Waals surface area contributed by atoms with Gasteiger partial charge in [0.1, 0.15) is 11.9 Å². The molecule has 1 atom stereocenters. The van der Waals surface area contributed by atoms with Crippen LogP contribution in [0.1, 0.15) is 52.1 Å². The van der Waals surface area contributed by atoms with Crippen LogP contribution in [-0.4, -0.2) is 41.1 Å². The summed E-state index contributed by atoms with van der Waals surface area (Å²) in [6.07, 6.45) is 5.74. The normalized spacial score (nSPS) is 20.7. The van der Waals surface area contributed by atoms with Gasteiger partial charge in [-0.3, -0.25) is 0 Å². The lowest BCUT2D eigenvalue weighted by Gasteiger charge is -2.41. The molecule has 4 rings (SSSR count). The first-order valence-corrected chi connectivity index (χ1v) is 9.34. The minimum absolute atomic E-state index is 0.103. The quantitative estimate of drug-likeness (QED) is 0.787. The summed E-state index contributed by atoms with van der Waals surface area (Å²) in [6, 6.07) is 3.77. The number of aryl methyl sites for hydroxylation is 2. The van der Waals surface area contributed by atoms with E-state index in [0.29, 0.717) is 28.6 Å². The topological polar surface area (TPSA) is 118 Å². The number of ether oxygens (including phenoxy) is 1. The van der Waals surface area contributed by atoms with E-state index in [0.717, 1.165) is 50.0 Å². The molecule has 8 heteroatoms. The molecule has 1 unspecified atom stereocenters. The highest BCUT2D eigenvalue weighted by Gasteiger charge is 2.44. The van der Waals surface area contributed by atoms with Gasteiger partial charge in [0, 0.05) is 24.7 Å². The van der Waals surface area contributed by atoms with Crippen LogP contribution >= 0.6 is 0 Å². The lowest BCUT2D eigenvalue weighted by molar-refractivity contribution is 0.0599. The van der Waals surface area contributed by atoms with E-state index >= 15 is 0 Å². The zero-order chi connectivity index (χ0) is 19.9. The number of carbonyl (C=O) groups excluding carboxylic acids is 1. The minimum Gasteiger partial charge on any atom is -0.465 e. The van der Waals surface area contributed by atoms with Crippen LogP contribution < -0.4 is 10.6 Å². The van der Waals surface area contributed by atoms with E-state index in [9.17, 15) is 10.1 Å². The van der Waals surface area contributed by atoms with Crippen molar-refractivity contribution in [3.8, 4) is 6.07 Å². The summed E-state index contributed by atoms with van der Waals surface area (Å²) in [5.74, 6) is 0.425. The monoisotopic (exact) mass is 378 g/mol. The van der Waals surface area contributed by atoms with Gasteiger partial charge >= 0.3 is 5.97 Å². The number of nitrogens with two attached hydrogens (primary N) is 1. The fourth-order valence-electron chi connectivity index (χ4n) is 4.50. The van der Waals surface area contributed by atoms with Crippen LogP contribution in [-0.2, 0) is 16.6 Å². The summed E-state index contributed by atoms with van der Waals surface area (Å²) in [7, 11) is 1.32. The van der Waals surface area contributed by atoms with E-state index in [4.69, 9.17) is 10.5 Å². The fraction of sp³-hybridized carbons (Fsp3) is 0.450. The average molecular weight is 378 g/mol. The van der Waals surface area contributed by atoms with Crippen molar-refractivity contribution in [2.75, 3.05) is 30.8 Å². The van der Waals surface area contributed by atoms with E-state index < -0.39 is 5.97 Å². The van der Waals surface area contributed by atoms with Gasteiger partial charge in [0.15, 0.2) is 0 Å². The maximum Gasteiger partial charge on any atom is 0.339 e. The standard InChI is InChI=1S/C20H22N6O2/c1-12-15(18(27)28-2)8-14(9-21)17(24-12)26-7-3-5-20(11-26)6-4-13-10-23-19(22)25-16(13)20/h8,10H,3-7,11H2,1-2H3,(H2,22,23,25). The number of nitrogens with zero attached hydrogens (tertiary/aromatic N) is 5. The van der Waals surface area contributed by atoms with Crippen LogP contribution in [0.5, 0.6) is 0 Å². The zero-order valence-corrected chi connectivity index (χ0v) is 16.0. The number of methoxy groups -OCH3 is 1. The van der Waals surface area contributed by atoms with Crippen molar-refractivity contribution >= 4 is 17.7 Å². The predicted molar refractivity (Wildman–Crippen MR) is 103 cm³/mol. The number of fused-ring (bicyclic) bond motifs is 2. The molecule has 1 fully saturated rings. The number of esters is 1. The molecule has 0 bridgehead atoms. The van der Waals surface area contributed by atoms with Gasteiger partial charge in [-0.25, -0.2) is 19.7 Å². The zero-order valence-electron chi connectivity index (χ0n) is 16.0. The Kier molecular flexibility index (Phi) is 4.38. The number of aromatic nitrogens is 3. The average Bonchev–Trinajstić information content (AvgIpc) is 3.04. The molecule has 1 aliphatic heterocycles. The van der Waals surface area contributed by atoms with Crippen LogP contribution in [0.15, 0.2) is 12.3 Å². The number of piperidine rings is 1. The largest absolute Gasteiger partial charge is 0.465 e. The maximum absolute atomic E-state index is 12.0. The van der Waals surface area contributed by atoms with Crippen molar-refractivity contribution in [1.29, 1.82) is 5.26 Å². The molecule has 0 aromatic carbocycles. The van der Waals surface area contributed by atoms with Gasteiger partial charge in [-0.05, 0) is 44.2 Å². The van der Waals surface area contributed by atoms with Crippen LogP contribution in [0.4, 0.5) is 11.8 Å². The lowest BCUT2D eigenvalue weighted by Crippen LogP contribution is -2.46. The van der Waals surface area contributed by atoms with E-state index in [1.807, 2.05) is 6.20 Å². The summed E-state index contributed by atoms with van der Waals surface area (Å²) in [6.45, 7) is 3.28. The number of nitrogen functional groups attached to an aromatic ring is 1. The highest BCUT2D eigenvalue weighted by Crippen LogP contribution is 2.45. The smallest absolute Gasteiger partial charge is 0.339 e. The van der Waals surface area contributed by atoms with E-state index in [1.165, 1.54) is 7.11 Å². The summed E-state index contributed by atoms with van der Waals surface area (Å²) in [5.41, 5.74) is 9.19. The second kappa shape index (κ2) is 6.75. The van der Waals surface area contributed by atoms with Crippen LogP contribution in [0, 0.1) is 18.3 Å². The molecule has 0 radical (unpaired) electrons. The molecule has 2 aromatic rings. The molecule has 144 valence electrons. The van der Waals surface area contributed by atoms with E-state index in [1.54, 1.807) is 13.0 Å². The second-order valence-corrected chi connectivity index (χ2v) is 7.50. The third-order valence-corrected chi connectivity index (χ3v) is 5.85. The number of hydrogen-bond donors (Lipinski definition) is 1. The summed E-state index contributed by atoms with van der Waals surface area (Å²) >= 11 is 0. The molecule has 2 aromatic heterocycles. The first-order chi connectivity index (χ1) is 13.5. The minimum atomic E-state index is -0.486. The Balaban J connectivity index is 1.72. The fourth-order valence-corrected chi connectivity index (χ4v) is 4.50. The summed E-state index contributed by atoms with van der Waals surface area (Å²) < 4.78 is 4.80. The second-order valence-electron chi connectivity index (χ2n) is 7.50. The summed E-state index contributed by atoms with van der Waals surface area (Å²) in [5, 5.41) is 9.66. The molecule has 0 amide bonds. The first-order valence-electron chi connectivity index (χ1n) is 9.34. The van der Waals surface area contributed by atoms with Crippen molar-refractivity contribution in [2.45, 2.75) is 38.0 Å². The van der Waals surface area contributed by atoms with Crippen molar-refractivity contribution in [1.82, 2.24) is 15.0 Å². The van der Waals surface area contributed by atoms with Gasteiger partial charge in [0.2, 0.25) is 5.95 Å². The summed E-state index contributed by atoms with van der Waals surface area (Å²) in [4.78, 5) is 27.4. The SMILES string of the molecule is COC(=O)c1cc(C#N)c(N2CCCC3(CCc4cnc(N)nc43)C2)nc1C. The number of rotatable bonds is 2. The van der Waals surface area contributed by atoms with Crippen molar-refractivity contribution in [3.63, 3.8) is 0 Å². The Bertz CT molecular complexity index is 995. The Morgan fingerprint density at radius 2 is 2.21 bits per heavy atom. The van der Waals surface area contributed by atoms with Gasteiger partial charge in [-0.2, -0.15) is 5.26 Å². The predicted octanol–water partition coefficient (Wildman–Crippen LogP) is 1.90. The number of carbonyl (C=O) groups is 1. The Hall–Kier alpha value is -3.21. The molecule has 28 heavy (non-hydrogen) atoms. The van der Waals surface area contributed by atoms with E-state index in [-0.39, 0.29) is 5.41 Å². The van der Waals surface area contributed by atoms with Crippen LogP contribution in [0.25, 0.3) is 0 Å². The van der Waals surface area contributed by atoms with Crippen molar-refractivity contribution < 1.29 is 9.53 Å². The highest BCUT2D eigenvalue weighted by molar-refractivity contribution is 5.91. The van der Waals surface area contributed by atoms with Crippen molar-refractivity contribution in [3.05, 3.63) is 40.3 Å². The number of anilines is 2. The molecule has 2 N–H and O–H groups in total. The Morgan fingerprint density at radius 3 is 2.96 bits per heavy atom. The number of hydrogen-bond acceptors (Lipinski definition) is 8. The molecule has 1 saturated heterocycles. The first kappa shape index (κ1) is 18.2. The third kappa shape index (κ3) is 2.83. The molecule has 1 aliphatic carbocycles. The van der Waals surface area contributed by atoms with Gasteiger partial charge in [-0.15, -0.1) is 0 Å². The van der Waals surface area contributed by atoms with Gasteiger partial charge < -0.3 is 15.4 Å². The molecule has 1 spiro atoms. The Labute approximate surface area is 163 Å². The molecular weight excluding hydrogens is 356 g/mol. The lowest BCUT2D eigenvalue weighted by atomic mass is 9.77. The Morgan fingerprint density at radius 1 is 1.39 bits per heavy atom. The third-order valence-electron chi connectivity index (χ3n) is 5.85. The van der Waals surface area contributed by atoms with Gasteiger partial charge in [0.05, 0.1) is 29.6 Å². The van der Waals surface area contributed by atoms with E-state index in [2.05, 4.69) is 25.9 Å². The molecule has 3 heterocycles. The number of nitriles is 1.